The molecule has 0 unspecified atom stereocenters. The molecule has 58 heavy (non-hydrogen) atoms. The Hall–Kier alpha value is -1.09. The van der Waals surface area contributed by atoms with E-state index in [1.54, 1.807) is 21.3 Å². The van der Waals surface area contributed by atoms with Crippen molar-refractivity contribution in [3.05, 3.63) is 11.6 Å². The van der Waals surface area contributed by atoms with E-state index < -0.39 is 76.5 Å². The molecule has 9 atom stereocenters. The summed E-state index contributed by atoms with van der Waals surface area (Å²) in [5.74, 6) is -2.12. The van der Waals surface area contributed by atoms with Crippen LogP contribution in [0.5, 0.6) is 0 Å². The first-order valence-electron chi connectivity index (χ1n) is 21.2. The normalized spacial score (nSPS) is 23.9. The van der Waals surface area contributed by atoms with Crippen molar-refractivity contribution < 1.29 is 61.4 Å². The molecular weight excluding hydrogens is 781 g/mol. The molecule has 1 N–H and O–H groups in total. The highest BCUT2D eigenvalue weighted by Crippen LogP contribution is 2.50. The van der Waals surface area contributed by atoms with Crippen LogP contribution in [0.3, 0.4) is 0 Å². The van der Waals surface area contributed by atoms with E-state index in [1.165, 1.54) is 21.3 Å². The van der Waals surface area contributed by atoms with Gasteiger partial charge in [0.05, 0.1) is 37.6 Å². The molecule has 1 rings (SSSR count). The number of ketones is 1. The number of hydrogen-bond acceptors (Lipinski definition) is 13. The second-order valence-electron chi connectivity index (χ2n) is 18.0. The lowest BCUT2D eigenvalue weighted by Gasteiger charge is -2.58. The molecule has 0 spiro atoms. The van der Waals surface area contributed by atoms with Gasteiger partial charge in [0.15, 0.2) is 28.5 Å². The monoisotopic (exact) mass is 865 g/mol. The Balaban J connectivity index is 3.61. The van der Waals surface area contributed by atoms with Gasteiger partial charge in [-0.25, -0.2) is 4.79 Å². The first-order valence-corrected chi connectivity index (χ1v) is 26.7. The summed E-state index contributed by atoms with van der Waals surface area (Å²) in [5, 5.41) is 12.4. The number of aliphatic hydroxyl groups is 1. The maximum absolute atomic E-state index is 13.7. The number of aliphatic hydroxyl groups excluding tert-OH is 1. The minimum atomic E-state index is -2.34. The van der Waals surface area contributed by atoms with Crippen LogP contribution in [0, 0.1) is 11.3 Å². The number of methoxy groups -OCH3 is 6. The minimum Gasteiger partial charge on any atom is -0.467 e. The molecule has 0 aliphatic carbocycles. The van der Waals surface area contributed by atoms with Crippen LogP contribution in [0.4, 0.5) is 0 Å². The van der Waals surface area contributed by atoms with Gasteiger partial charge >= 0.3 is 5.97 Å². The molecule has 0 saturated carbocycles. The van der Waals surface area contributed by atoms with Crippen molar-refractivity contribution >= 4 is 28.4 Å². The zero-order chi connectivity index (χ0) is 44.7. The number of carbonyl (C=O) groups is 2. The third-order valence-electron chi connectivity index (χ3n) is 13.3. The van der Waals surface area contributed by atoms with Crippen molar-refractivity contribution in [2.75, 3.05) is 56.1 Å². The van der Waals surface area contributed by atoms with Crippen molar-refractivity contribution in [2.24, 2.45) is 11.3 Å². The molecular formula is C43H84O13Si2. The SMILES string of the molecule is CC[C@@H](/C=C(/C)C(=O)C[C@@H](C[C@@H](O)C(C)(C)[C@]1(OC)O[C@H](C[C@H](OC)[C@@H](OCOC)C(=O)OC)C[C@H](OC)[C@@H]1O[Si](CC)(CC)CC)OC)CO[Si](C)(C)C(C)(C)C. The quantitative estimate of drug-likeness (QED) is 0.0353. The number of esters is 1. The molecule has 0 aromatic heterocycles. The van der Waals surface area contributed by atoms with Gasteiger partial charge in [-0.05, 0) is 61.1 Å². The van der Waals surface area contributed by atoms with Crippen molar-refractivity contribution in [3.8, 4) is 0 Å². The largest absolute Gasteiger partial charge is 0.467 e. The third kappa shape index (κ3) is 14.0. The lowest BCUT2D eigenvalue weighted by atomic mass is 9.70. The van der Waals surface area contributed by atoms with E-state index in [2.05, 4.69) is 61.6 Å². The van der Waals surface area contributed by atoms with Crippen LogP contribution in [0.2, 0.25) is 36.3 Å². The molecule has 15 heteroatoms. The van der Waals surface area contributed by atoms with Crippen molar-refractivity contribution in [3.63, 3.8) is 0 Å². The number of Topliss-reactive ketones (excluding diaryl/α,β-unsaturated/α-hetero) is 1. The van der Waals surface area contributed by atoms with Gasteiger partial charge in [0.25, 0.3) is 0 Å². The van der Waals surface area contributed by atoms with Gasteiger partial charge in [0, 0.05) is 73.3 Å². The molecule has 0 radical (unpaired) electrons. The zero-order valence-electron chi connectivity index (χ0n) is 39.6. The van der Waals surface area contributed by atoms with Gasteiger partial charge in [-0.15, -0.1) is 0 Å². The van der Waals surface area contributed by atoms with E-state index in [0.717, 1.165) is 24.6 Å². The fourth-order valence-corrected chi connectivity index (χ4v) is 11.5. The van der Waals surface area contributed by atoms with Crippen LogP contribution < -0.4 is 0 Å². The van der Waals surface area contributed by atoms with Gasteiger partial charge in [-0.2, -0.15) is 0 Å². The molecule has 342 valence electrons. The van der Waals surface area contributed by atoms with Crippen molar-refractivity contribution in [2.45, 2.75) is 186 Å². The van der Waals surface area contributed by atoms with Gasteiger partial charge in [-0.1, -0.05) is 68.4 Å². The number of allylic oxidation sites excluding steroid dienone is 1. The lowest BCUT2D eigenvalue weighted by molar-refractivity contribution is -0.384. The predicted molar refractivity (Wildman–Crippen MR) is 232 cm³/mol. The predicted octanol–water partition coefficient (Wildman–Crippen LogP) is 7.84. The van der Waals surface area contributed by atoms with E-state index in [1.807, 2.05) is 26.8 Å². The van der Waals surface area contributed by atoms with Crippen LogP contribution in [0.15, 0.2) is 11.6 Å². The molecule has 1 saturated heterocycles. The Morgan fingerprint density at radius 2 is 1.55 bits per heavy atom. The average molecular weight is 865 g/mol. The van der Waals surface area contributed by atoms with Crippen LogP contribution >= 0.6 is 0 Å². The number of hydrogen-bond donors (Lipinski definition) is 1. The summed E-state index contributed by atoms with van der Waals surface area (Å²) in [5.41, 5.74) is -0.509. The van der Waals surface area contributed by atoms with Crippen molar-refractivity contribution in [1.82, 2.24) is 0 Å². The first-order chi connectivity index (χ1) is 27.0. The summed E-state index contributed by atoms with van der Waals surface area (Å²) in [6.07, 6.45) is -1.78. The molecule has 0 amide bonds. The van der Waals surface area contributed by atoms with E-state index in [-0.39, 0.29) is 42.8 Å². The summed E-state index contributed by atoms with van der Waals surface area (Å²) in [7, 11) is 4.72. The Bertz CT molecular complexity index is 1240. The zero-order valence-corrected chi connectivity index (χ0v) is 41.6. The topological polar surface area (TPSA) is 147 Å². The average Bonchev–Trinajstić information content (AvgIpc) is 3.19. The Morgan fingerprint density at radius 3 is 2.00 bits per heavy atom. The first kappa shape index (κ1) is 54.9. The Kier molecular flexibility index (Phi) is 23.2. The second kappa shape index (κ2) is 24.5. The standard InChI is InChI=1S/C43H84O13Si2/c1-19-31(28-54-57(17,18)41(6,7)8)23-30(5)34(44)24-32(48-12)27-37(45)42(9,10)43(52-16)39(56-58(20-2,21-3)22-4)36(50-14)26-33(55-43)25-35(49-13)38(40(46)51-15)53-29-47-11/h23,31-33,35-39,45H,19-22,24-29H2,1-18H3/b30-23-/t31-,32-,33+,35-,36-,37+,38+,39-,43+/m0/s1. The molecule has 0 aromatic rings. The molecule has 1 aliphatic rings. The maximum atomic E-state index is 13.7. The highest BCUT2D eigenvalue weighted by Gasteiger charge is 2.64. The fourth-order valence-electron chi connectivity index (χ4n) is 7.58. The Morgan fingerprint density at radius 1 is 0.948 bits per heavy atom. The summed E-state index contributed by atoms with van der Waals surface area (Å²) in [4.78, 5) is 26.6. The summed E-state index contributed by atoms with van der Waals surface area (Å²) >= 11 is 0. The Labute approximate surface area is 354 Å². The van der Waals surface area contributed by atoms with Crippen LogP contribution in [-0.4, -0.2) is 138 Å². The molecule has 0 aromatic carbocycles. The van der Waals surface area contributed by atoms with E-state index in [4.69, 9.17) is 46.7 Å². The highest BCUT2D eigenvalue weighted by molar-refractivity contribution is 6.74. The maximum Gasteiger partial charge on any atom is 0.337 e. The van der Waals surface area contributed by atoms with Gasteiger partial charge < -0.3 is 51.9 Å². The highest BCUT2D eigenvalue weighted by atomic mass is 28.4. The molecule has 1 fully saturated rings. The number of rotatable bonds is 28. The van der Waals surface area contributed by atoms with Gasteiger partial charge in [0.2, 0.25) is 5.79 Å². The second-order valence-corrected chi connectivity index (χ2v) is 27.5. The fraction of sp³-hybridized carbons (Fsp3) is 0.907. The molecule has 13 nitrogen and oxygen atoms in total. The minimum absolute atomic E-state index is 0.0511. The lowest BCUT2D eigenvalue weighted by Crippen LogP contribution is -2.71. The number of carbonyl (C=O) groups excluding carboxylic acids is 2. The van der Waals surface area contributed by atoms with Gasteiger partial charge in [0.1, 0.15) is 12.9 Å². The molecule has 1 heterocycles. The van der Waals surface area contributed by atoms with E-state index >= 15 is 0 Å². The van der Waals surface area contributed by atoms with E-state index in [9.17, 15) is 14.7 Å². The molecule has 0 bridgehead atoms. The van der Waals surface area contributed by atoms with Crippen LogP contribution in [-0.2, 0) is 56.3 Å². The van der Waals surface area contributed by atoms with Crippen LogP contribution in [0.1, 0.15) is 101 Å². The van der Waals surface area contributed by atoms with Gasteiger partial charge in [-0.3, -0.25) is 4.79 Å². The summed E-state index contributed by atoms with van der Waals surface area (Å²) < 4.78 is 61.1. The van der Waals surface area contributed by atoms with Crippen molar-refractivity contribution in [1.29, 1.82) is 0 Å². The number of ether oxygens (including phenoxy) is 8. The third-order valence-corrected chi connectivity index (χ3v) is 22.4. The summed E-state index contributed by atoms with van der Waals surface area (Å²) in [6, 6.07) is 2.60. The van der Waals surface area contributed by atoms with E-state index in [0.29, 0.717) is 18.6 Å². The smallest absolute Gasteiger partial charge is 0.337 e. The van der Waals surface area contributed by atoms with Crippen LogP contribution in [0.25, 0.3) is 0 Å². The molecule has 1 aliphatic heterocycles. The summed E-state index contributed by atoms with van der Waals surface area (Å²) in [6.45, 7) is 25.7.